The van der Waals surface area contributed by atoms with Gasteiger partial charge in [-0.3, -0.25) is 9.59 Å². The number of rotatable bonds is 5. The quantitative estimate of drug-likeness (QED) is 0.673. The molecule has 92 valence electrons. The second kappa shape index (κ2) is 4.86. The highest BCUT2D eigenvalue weighted by atomic mass is 16.4. The van der Waals surface area contributed by atoms with Crippen LogP contribution in [0.5, 0.6) is 0 Å². The SMILES string of the molecule is CC(CCC(=O)O)(C(=O)O)c1ccccc1N. The number of anilines is 1. The van der Waals surface area contributed by atoms with Gasteiger partial charge in [-0.05, 0) is 25.0 Å². The predicted molar refractivity (Wildman–Crippen MR) is 62.7 cm³/mol. The van der Waals surface area contributed by atoms with E-state index >= 15 is 0 Å². The van der Waals surface area contributed by atoms with Crippen LogP contribution in [0.3, 0.4) is 0 Å². The van der Waals surface area contributed by atoms with Crippen molar-refractivity contribution in [1.29, 1.82) is 0 Å². The third-order valence-corrected chi connectivity index (χ3v) is 2.87. The number of aliphatic carboxylic acids is 2. The van der Waals surface area contributed by atoms with E-state index in [0.29, 0.717) is 11.3 Å². The summed E-state index contributed by atoms with van der Waals surface area (Å²) in [4.78, 5) is 21.9. The number of hydrogen-bond acceptors (Lipinski definition) is 3. The van der Waals surface area contributed by atoms with Gasteiger partial charge in [-0.1, -0.05) is 18.2 Å². The number of carbonyl (C=O) groups is 2. The first-order valence-electron chi connectivity index (χ1n) is 5.18. The van der Waals surface area contributed by atoms with Gasteiger partial charge in [-0.2, -0.15) is 0 Å². The zero-order valence-corrected chi connectivity index (χ0v) is 9.51. The number of benzene rings is 1. The molecule has 5 heteroatoms. The molecule has 0 saturated heterocycles. The Labute approximate surface area is 98.9 Å². The molecule has 1 unspecified atom stereocenters. The molecule has 0 saturated carbocycles. The summed E-state index contributed by atoms with van der Waals surface area (Å²) in [5.41, 5.74) is 5.28. The molecule has 0 aliphatic rings. The Morgan fingerprint density at radius 3 is 2.35 bits per heavy atom. The predicted octanol–water partition coefficient (Wildman–Crippen LogP) is 1.48. The van der Waals surface area contributed by atoms with Crippen molar-refractivity contribution >= 4 is 17.6 Å². The van der Waals surface area contributed by atoms with E-state index in [9.17, 15) is 14.7 Å². The molecule has 0 spiro atoms. The van der Waals surface area contributed by atoms with Crippen molar-refractivity contribution in [2.24, 2.45) is 0 Å². The lowest BCUT2D eigenvalue weighted by Crippen LogP contribution is -2.33. The first-order chi connectivity index (χ1) is 7.88. The lowest BCUT2D eigenvalue weighted by Gasteiger charge is -2.26. The highest BCUT2D eigenvalue weighted by molar-refractivity contribution is 5.84. The van der Waals surface area contributed by atoms with E-state index < -0.39 is 17.4 Å². The van der Waals surface area contributed by atoms with Gasteiger partial charge in [0.1, 0.15) is 0 Å². The molecule has 0 fully saturated rings. The first kappa shape index (κ1) is 13.0. The molecule has 1 rings (SSSR count). The molecule has 1 atom stereocenters. The third kappa shape index (κ3) is 2.75. The Balaban J connectivity index is 3.12. The summed E-state index contributed by atoms with van der Waals surface area (Å²) in [6.07, 6.45) is -0.205. The molecule has 1 aromatic carbocycles. The highest BCUT2D eigenvalue weighted by Gasteiger charge is 2.36. The molecular formula is C12H15NO4. The lowest BCUT2D eigenvalue weighted by molar-refractivity contribution is -0.144. The molecule has 17 heavy (non-hydrogen) atoms. The minimum absolute atomic E-state index is 0.00583. The average molecular weight is 237 g/mol. The summed E-state index contributed by atoms with van der Waals surface area (Å²) in [6, 6.07) is 6.62. The summed E-state index contributed by atoms with van der Waals surface area (Å²) in [6.45, 7) is 1.49. The third-order valence-electron chi connectivity index (χ3n) is 2.87. The number of carboxylic acid groups (broad SMARTS) is 2. The van der Waals surface area contributed by atoms with E-state index in [1.807, 2.05) is 0 Å². The van der Waals surface area contributed by atoms with Crippen LogP contribution in [0.4, 0.5) is 5.69 Å². The minimum atomic E-state index is -1.27. The molecule has 0 heterocycles. The molecule has 1 aromatic rings. The average Bonchev–Trinajstić information content (AvgIpc) is 2.26. The van der Waals surface area contributed by atoms with Crippen LogP contribution in [0.1, 0.15) is 25.3 Å². The summed E-state index contributed by atoms with van der Waals surface area (Å²) in [5.74, 6) is -2.09. The van der Waals surface area contributed by atoms with Gasteiger partial charge in [0.15, 0.2) is 0 Å². The van der Waals surface area contributed by atoms with Crippen molar-refractivity contribution in [2.45, 2.75) is 25.2 Å². The summed E-state index contributed by atoms with van der Waals surface area (Å²) < 4.78 is 0. The lowest BCUT2D eigenvalue weighted by atomic mass is 9.78. The van der Waals surface area contributed by atoms with E-state index in [4.69, 9.17) is 10.8 Å². The summed E-state index contributed by atoms with van der Waals surface area (Å²) in [5, 5.41) is 17.9. The molecular weight excluding hydrogens is 222 g/mol. The molecule has 5 nitrogen and oxygen atoms in total. The molecule has 0 aliphatic carbocycles. The maximum atomic E-state index is 11.3. The number of hydrogen-bond donors (Lipinski definition) is 3. The Bertz CT molecular complexity index is 444. The van der Waals surface area contributed by atoms with Crippen molar-refractivity contribution in [3.63, 3.8) is 0 Å². The van der Waals surface area contributed by atoms with Gasteiger partial charge < -0.3 is 15.9 Å². The van der Waals surface area contributed by atoms with Crippen LogP contribution in [0.2, 0.25) is 0 Å². The van der Waals surface area contributed by atoms with E-state index in [0.717, 1.165) is 0 Å². The van der Waals surface area contributed by atoms with Crippen LogP contribution in [0.25, 0.3) is 0 Å². The Hall–Kier alpha value is -2.04. The van der Waals surface area contributed by atoms with Crippen molar-refractivity contribution in [3.05, 3.63) is 29.8 Å². The van der Waals surface area contributed by atoms with Gasteiger partial charge in [0.05, 0.1) is 5.41 Å². The van der Waals surface area contributed by atoms with E-state index in [1.165, 1.54) is 6.92 Å². The fraction of sp³-hybridized carbons (Fsp3) is 0.333. The molecule has 0 bridgehead atoms. The van der Waals surface area contributed by atoms with Gasteiger partial charge in [-0.25, -0.2) is 0 Å². The maximum Gasteiger partial charge on any atom is 0.313 e. The van der Waals surface area contributed by atoms with Gasteiger partial charge in [-0.15, -0.1) is 0 Å². The van der Waals surface area contributed by atoms with Gasteiger partial charge in [0.25, 0.3) is 0 Å². The molecule has 0 amide bonds. The zero-order chi connectivity index (χ0) is 13.1. The molecule has 0 radical (unpaired) electrons. The minimum Gasteiger partial charge on any atom is -0.481 e. The first-order valence-corrected chi connectivity index (χ1v) is 5.18. The van der Waals surface area contributed by atoms with Gasteiger partial charge in [0.2, 0.25) is 0 Å². The number of carboxylic acids is 2. The smallest absolute Gasteiger partial charge is 0.313 e. The maximum absolute atomic E-state index is 11.3. The molecule has 0 aliphatic heterocycles. The second-order valence-electron chi connectivity index (χ2n) is 4.12. The fourth-order valence-corrected chi connectivity index (χ4v) is 1.71. The number of nitrogen functional groups attached to an aromatic ring is 1. The fourth-order valence-electron chi connectivity index (χ4n) is 1.71. The van der Waals surface area contributed by atoms with Crippen LogP contribution in [-0.4, -0.2) is 22.2 Å². The standard InChI is InChI=1S/C12H15NO4/c1-12(11(16)17,7-6-10(14)15)8-4-2-3-5-9(8)13/h2-5H,6-7,13H2,1H3,(H,14,15)(H,16,17). The van der Waals surface area contributed by atoms with E-state index in [-0.39, 0.29) is 12.8 Å². The van der Waals surface area contributed by atoms with Crippen LogP contribution in [0.15, 0.2) is 24.3 Å². The number of nitrogens with two attached hydrogens (primary N) is 1. The molecule has 4 N–H and O–H groups in total. The Kier molecular flexibility index (Phi) is 3.73. The summed E-state index contributed by atoms with van der Waals surface area (Å²) >= 11 is 0. The van der Waals surface area contributed by atoms with Gasteiger partial charge in [0, 0.05) is 12.1 Å². The van der Waals surface area contributed by atoms with E-state index in [2.05, 4.69) is 0 Å². The van der Waals surface area contributed by atoms with Crippen LogP contribution < -0.4 is 5.73 Å². The van der Waals surface area contributed by atoms with Crippen LogP contribution >= 0.6 is 0 Å². The van der Waals surface area contributed by atoms with Crippen molar-refractivity contribution in [1.82, 2.24) is 0 Å². The largest absolute Gasteiger partial charge is 0.481 e. The number of para-hydroxylation sites is 1. The second-order valence-corrected chi connectivity index (χ2v) is 4.12. The van der Waals surface area contributed by atoms with Crippen molar-refractivity contribution in [2.75, 3.05) is 5.73 Å². The van der Waals surface area contributed by atoms with Gasteiger partial charge >= 0.3 is 11.9 Å². The Morgan fingerprint density at radius 2 is 1.88 bits per heavy atom. The summed E-state index contributed by atoms with van der Waals surface area (Å²) in [7, 11) is 0. The van der Waals surface area contributed by atoms with Crippen molar-refractivity contribution < 1.29 is 19.8 Å². The van der Waals surface area contributed by atoms with E-state index in [1.54, 1.807) is 24.3 Å². The van der Waals surface area contributed by atoms with Crippen molar-refractivity contribution in [3.8, 4) is 0 Å². The molecule has 0 aromatic heterocycles. The van der Waals surface area contributed by atoms with Crippen LogP contribution in [-0.2, 0) is 15.0 Å². The zero-order valence-electron chi connectivity index (χ0n) is 9.51. The monoisotopic (exact) mass is 237 g/mol. The normalized spacial score (nSPS) is 13.9. The van der Waals surface area contributed by atoms with Crippen LogP contribution in [0, 0.1) is 0 Å². The highest BCUT2D eigenvalue weighted by Crippen LogP contribution is 2.33. The Morgan fingerprint density at radius 1 is 1.29 bits per heavy atom. The topological polar surface area (TPSA) is 101 Å².